The van der Waals surface area contributed by atoms with Crippen LogP contribution in [0.1, 0.15) is 41.0 Å². The highest BCUT2D eigenvalue weighted by molar-refractivity contribution is 5.79. The van der Waals surface area contributed by atoms with E-state index in [1.54, 1.807) is 12.4 Å². The van der Waals surface area contributed by atoms with E-state index in [1.807, 2.05) is 60.7 Å². The van der Waals surface area contributed by atoms with Gasteiger partial charge in [0.2, 0.25) is 0 Å². The highest BCUT2D eigenvalue weighted by Gasteiger charge is 2.23. The number of carboxylic acid groups (broad SMARTS) is 1. The van der Waals surface area contributed by atoms with Crippen molar-refractivity contribution in [3.8, 4) is 5.75 Å². The molecule has 1 aromatic heterocycles. The van der Waals surface area contributed by atoms with Crippen LogP contribution >= 0.6 is 0 Å². The molecule has 3 aromatic rings. The van der Waals surface area contributed by atoms with Gasteiger partial charge in [0.15, 0.2) is 6.61 Å². The molecule has 6 heteroatoms. The third kappa shape index (κ3) is 5.53. The molecule has 0 aliphatic heterocycles. The molecule has 0 spiro atoms. The molecule has 6 nitrogen and oxygen atoms in total. The molecule has 1 aliphatic rings. The van der Waals surface area contributed by atoms with Crippen LogP contribution in [0.15, 0.2) is 73.1 Å². The lowest BCUT2D eigenvalue weighted by atomic mass is 9.83. The standard InChI is InChI=1S/C26H26N2O4/c29-26(30)18-31-25-13-5-11-22-21(9-4-12-23(22)25)17-32-28-24(20-10-6-14-27-16-20)15-19-7-2-1-3-8-19/h1-3,5-8,10-11,13-16,21,28H,4,9,12,17-18H2,(H,29,30). The third-order valence-corrected chi connectivity index (χ3v) is 5.49. The number of hydrogen-bond donors (Lipinski definition) is 2. The minimum atomic E-state index is -0.976. The summed E-state index contributed by atoms with van der Waals surface area (Å²) in [6.07, 6.45) is 8.46. The Morgan fingerprint density at radius 3 is 2.78 bits per heavy atom. The number of fused-ring (bicyclic) bond motifs is 1. The van der Waals surface area contributed by atoms with Crippen LogP contribution in [0.4, 0.5) is 0 Å². The van der Waals surface area contributed by atoms with Gasteiger partial charge in [-0.2, -0.15) is 0 Å². The maximum absolute atomic E-state index is 10.9. The molecule has 0 saturated carbocycles. The molecule has 0 saturated heterocycles. The number of pyridine rings is 1. The smallest absolute Gasteiger partial charge is 0.341 e. The molecule has 2 N–H and O–H groups in total. The molecule has 0 radical (unpaired) electrons. The summed E-state index contributed by atoms with van der Waals surface area (Å²) < 4.78 is 5.51. The fourth-order valence-electron chi connectivity index (χ4n) is 3.99. The van der Waals surface area contributed by atoms with E-state index < -0.39 is 5.97 Å². The van der Waals surface area contributed by atoms with Crippen LogP contribution in [-0.4, -0.2) is 29.3 Å². The van der Waals surface area contributed by atoms with Gasteiger partial charge in [-0.15, -0.1) is 0 Å². The molecule has 0 bridgehead atoms. The number of nitrogens with zero attached hydrogens (tertiary/aromatic N) is 1. The monoisotopic (exact) mass is 430 g/mol. The van der Waals surface area contributed by atoms with Crippen LogP contribution in [0, 0.1) is 0 Å². The number of hydroxylamine groups is 1. The van der Waals surface area contributed by atoms with Crippen molar-refractivity contribution in [2.24, 2.45) is 0 Å². The zero-order valence-electron chi connectivity index (χ0n) is 17.7. The Morgan fingerprint density at radius 2 is 2.00 bits per heavy atom. The first-order valence-electron chi connectivity index (χ1n) is 10.7. The molecule has 0 fully saturated rings. The first-order valence-corrected chi connectivity index (χ1v) is 10.7. The fraction of sp³-hybridized carbons (Fsp3) is 0.231. The van der Waals surface area contributed by atoms with E-state index in [1.165, 1.54) is 0 Å². The van der Waals surface area contributed by atoms with Crippen molar-refractivity contribution in [2.75, 3.05) is 13.2 Å². The van der Waals surface area contributed by atoms with Crippen molar-refractivity contribution in [3.63, 3.8) is 0 Å². The van der Waals surface area contributed by atoms with Gasteiger partial charge in [0.25, 0.3) is 0 Å². The molecule has 1 unspecified atom stereocenters. The van der Waals surface area contributed by atoms with Crippen molar-refractivity contribution < 1.29 is 19.5 Å². The van der Waals surface area contributed by atoms with Crippen molar-refractivity contribution in [3.05, 3.63) is 95.3 Å². The largest absolute Gasteiger partial charge is 0.482 e. The second-order valence-corrected chi connectivity index (χ2v) is 7.72. The molecule has 2 aromatic carbocycles. The first kappa shape index (κ1) is 21.6. The van der Waals surface area contributed by atoms with Crippen LogP contribution in [0.2, 0.25) is 0 Å². The minimum absolute atomic E-state index is 0.200. The molecule has 32 heavy (non-hydrogen) atoms. The number of nitrogens with one attached hydrogen (secondary N) is 1. The maximum Gasteiger partial charge on any atom is 0.341 e. The second-order valence-electron chi connectivity index (χ2n) is 7.72. The van der Waals surface area contributed by atoms with E-state index in [-0.39, 0.29) is 12.5 Å². The summed E-state index contributed by atoms with van der Waals surface area (Å²) in [5, 5.41) is 8.94. The zero-order valence-corrected chi connectivity index (χ0v) is 17.7. The van der Waals surface area contributed by atoms with Crippen molar-refractivity contribution in [2.45, 2.75) is 25.2 Å². The van der Waals surface area contributed by atoms with E-state index in [2.05, 4.69) is 16.5 Å². The topological polar surface area (TPSA) is 80.7 Å². The Labute approximate surface area is 187 Å². The van der Waals surface area contributed by atoms with E-state index in [0.29, 0.717) is 12.4 Å². The number of rotatable bonds is 9. The van der Waals surface area contributed by atoms with Gasteiger partial charge < -0.3 is 9.84 Å². The van der Waals surface area contributed by atoms with Gasteiger partial charge in [-0.05, 0) is 60.2 Å². The summed E-state index contributed by atoms with van der Waals surface area (Å²) in [5.74, 6) is -0.121. The van der Waals surface area contributed by atoms with Crippen LogP contribution in [0.25, 0.3) is 11.8 Å². The number of aromatic nitrogens is 1. The van der Waals surface area contributed by atoms with E-state index >= 15 is 0 Å². The van der Waals surface area contributed by atoms with E-state index in [0.717, 1.165) is 47.2 Å². The van der Waals surface area contributed by atoms with Gasteiger partial charge in [0.1, 0.15) is 5.75 Å². The van der Waals surface area contributed by atoms with Crippen LogP contribution < -0.4 is 10.2 Å². The lowest BCUT2D eigenvalue weighted by molar-refractivity contribution is -0.139. The maximum atomic E-state index is 10.9. The summed E-state index contributed by atoms with van der Waals surface area (Å²) in [7, 11) is 0. The van der Waals surface area contributed by atoms with Crippen LogP contribution in [0.3, 0.4) is 0 Å². The minimum Gasteiger partial charge on any atom is -0.482 e. The molecule has 164 valence electrons. The average molecular weight is 431 g/mol. The summed E-state index contributed by atoms with van der Waals surface area (Å²) >= 11 is 0. The molecule has 0 amide bonds. The van der Waals surface area contributed by atoms with Gasteiger partial charge in [-0.3, -0.25) is 15.3 Å². The molecule has 1 atom stereocenters. The normalized spacial score (nSPS) is 15.6. The number of carbonyl (C=O) groups is 1. The molecule has 4 rings (SSSR count). The second kappa shape index (κ2) is 10.6. The predicted octanol–water partition coefficient (Wildman–Crippen LogP) is 4.68. The van der Waals surface area contributed by atoms with Gasteiger partial charge in [-0.25, -0.2) is 4.79 Å². The van der Waals surface area contributed by atoms with Crippen molar-refractivity contribution in [1.82, 2.24) is 10.5 Å². The Balaban J connectivity index is 1.47. The van der Waals surface area contributed by atoms with Gasteiger partial charge in [-0.1, -0.05) is 42.5 Å². The summed E-state index contributed by atoms with van der Waals surface area (Å²) in [6.45, 7) is 0.152. The van der Waals surface area contributed by atoms with Gasteiger partial charge in [0, 0.05) is 23.9 Å². The molecular weight excluding hydrogens is 404 g/mol. The number of carboxylic acids is 1. The Bertz CT molecular complexity index is 1070. The number of ether oxygens (including phenoxy) is 1. The SMILES string of the molecule is O=C(O)COc1cccc2c1CCCC2CONC(=Cc1ccccc1)c1cccnc1. The summed E-state index contributed by atoms with van der Waals surface area (Å²) in [5.41, 5.74) is 8.20. The molecule has 1 heterocycles. The Morgan fingerprint density at radius 1 is 1.12 bits per heavy atom. The number of aliphatic carboxylic acids is 1. The Hall–Kier alpha value is -3.64. The van der Waals surface area contributed by atoms with Crippen LogP contribution in [0.5, 0.6) is 5.75 Å². The molecule has 1 aliphatic carbocycles. The molecular formula is C26H26N2O4. The predicted molar refractivity (Wildman–Crippen MR) is 123 cm³/mol. The highest BCUT2D eigenvalue weighted by Crippen LogP contribution is 2.36. The third-order valence-electron chi connectivity index (χ3n) is 5.49. The fourth-order valence-corrected chi connectivity index (χ4v) is 3.99. The van der Waals surface area contributed by atoms with Crippen LogP contribution in [-0.2, 0) is 16.1 Å². The quantitative estimate of drug-likeness (QED) is 0.480. The summed E-state index contributed by atoms with van der Waals surface area (Å²) in [6, 6.07) is 19.8. The lowest BCUT2D eigenvalue weighted by Gasteiger charge is -2.27. The number of hydrogen-bond acceptors (Lipinski definition) is 5. The number of benzene rings is 2. The van der Waals surface area contributed by atoms with Crippen molar-refractivity contribution in [1.29, 1.82) is 0 Å². The van der Waals surface area contributed by atoms with Crippen molar-refractivity contribution >= 4 is 17.7 Å². The zero-order chi connectivity index (χ0) is 22.2. The Kier molecular flexibility index (Phi) is 7.15. The summed E-state index contributed by atoms with van der Waals surface area (Å²) in [4.78, 5) is 21.1. The van der Waals surface area contributed by atoms with Gasteiger partial charge >= 0.3 is 5.97 Å². The average Bonchev–Trinajstić information content (AvgIpc) is 2.83. The van der Waals surface area contributed by atoms with E-state index in [9.17, 15) is 4.79 Å². The van der Waals surface area contributed by atoms with E-state index in [4.69, 9.17) is 14.7 Å². The van der Waals surface area contributed by atoms with Gasteiger partial charge in [0.05, 0.1) is 12.3 Å². The first-order chi connectivity index (χ1) is 15.7. The highest BCUT2D eigenvalue weighted by atomic mass is 16.6. The lowest BCUT2D eigenvalue weighted by Crippen LogP contribution is -2.22.